The van der Waals surface area contributed by atoms with E-state index in [1.807, 2.05) is 6.92 Å². The van der Waals surface area contributed by atoms with Gasteiger partial charge in [-0.15, -0.1) is 24.0 Å². The molecule has 0 spiro atoms. The summed E-state index contributed by atoms with van der Waals surface area (Å²) in [5.41, 5.74) is 5.63. The maximum atomic E-state index is 13.7. The van der Waals surface area contributed by atoms with Crippen molar-refractivity contribution in [1.82, 2.24) is 15.2 Å². The Labute approximate surface area is 159 Å². The molecule has 1 aliphatic rings. The van der Waals surface area contributed by atoms with E-state index in [4.69, 9.17) is 5.73 Å². The molecule has 0 aromatic carbocycles. The molecule has 1 saturated heterocycles. The summed E-state index contributed by atoms with van der Waals surface area (Å²) in [6.45, 7) is 4.50. The number of nitrogens with two attached hydrogens (primary N) is 1. The lowest BCUT2D eigenvalue weighted by Crippen LogP contribution is -2.47. The van der Waals surface area contributed by atoms with Gasteiger partial charge < -0.3 is 16.0 Å². The number of rotatable bonds is 5. The lowest BCUT2D eigenvalue weighted by Gasteiger charge is -2.34. The number of aromatic nitrogens is 1. The zero-order valence-electron chi connectivity index (χ0n) is 13.9. The van der Waals surface area contributed by atoms with Crippen LogP contribution in [0.3, 0.4) is 0 Å². The number of piperidine rings is 1. The summed E-state index contributed by atoms with van der Waals surface area (Å²) < 4.78 is 13.7. The quantitative estimate of drug-likeness (QED) is 0.409. The van der Waals surface area contributed by atoms with Crippen molar-refractivity contribution in [2.24, 2.45) is 16.6 Å². The van der Waals surface area contributed by atoms with Crippen molar-refractivity contribution in [1.29, 1.82) is 0 Å². The van der Waals surface area contributed by atoms with Gasteiger partial charge in [0, 0.05) is 32.3 Å². The number of carbonyl (C=O) groups excluding carboxylic acids is 1. The number of pyridine rings is 1. The molecule has 1 amide bonds. The molecular weight excluding hydrogens is 424 g/mol. The summed E-state index contributed by atoms with van der Waals surface area (Å²) in [6.07, 6.45) is 3.93. The molecule has 1 aromatic rings. The molecule has 0 radical (unpaired) electrons. The van der Waals surface area contributed by atoms with Crippen LogP contribution in [-0.4, -0.2) is 41.4 Å². The zero-order chi connectivity index (χ0) is 16.7. The Balaban J connectivity index is 0.00000288. The number of nitrogens with one attached hydrogen (secondary N) is 1. The Hall–Kier alpha value is -1.45. The molecule has 0 aliphatic carbocycles. The summed E-state index contributed by atoms with van der Waals surface area (Å²) in [6, 6.07) is 2.95. The predicted molar refractivity (Wildman–Crippen MR) is 103 cm³/mol. The van der Waals surface area contributed by atoms with Crippen LogP contribution in [0.25, 0.3) is 0 Å². The van der Waals surface area contributed by atoms with E-state index in [0.29, 0.717) is 12.1 Å². The highest BCUT2D eigenvalue weighted by molar-refractivity contribution is 14.0. The van der Waals surface area contributed by atoms with Gasteiger partial charge in [-0.1, -0.05) is 0 Å². The van der Waals surface area contributed by atoms with E-state index in [-0.39, 0.29) is 48.2 Å². The second-order valence-corrected chi connectivity index (χ2v) is 5.73. The number of aliphatic imine (C=N–C) groups is 1. The maximum Gasteiger partial charge on any atom is 0.217 e. The summed E-state index contributed by atoms with van der Waals surface area (Å²) >= 11 is 0. The molecule has 8 heteroatoms. The third kappa shape index (κ3) is 6.21. The fourth-order valence-electron chi connectivity index (χ4n) is 2.82. The van der Waals surface area contributed by atoms with Gasteiger partial charge in [0.2, 0.25) is 5.91 Å². The minimum atomic E-state index is -0.350. The lowest BCUT2D eigenvalue weighted by atomic mass is 9.95. The van der Waals surface area contributed by atoms with Gasteiger partial charge >= 0.3 is 0 Å². The van der Waals surface area contributed by atoms with Crippen molar-refractivity contribution in [3.63, 3.8) is 0 Å². The van der Waals surface area contributed by atoms with E-state index in [1.165, 1.54) is 6.07 Å². The van der Waals surface area contributed by atoms with Crippen LogP contribution >= 0.6 is 24.0 Å². The van der Waals surface area contributed by atoms with E-state index in [9.17, 15) is 9.18 Å². The summed E-state index contributed by atoms with van der Waals surface area (Å²) in [5, 5.41) is 3.23. The van der Waals surface area contributed by atoms with Gasteiger partial charge in [0.15, 0.2) is 5.96 Å². The Bertz CT molecular complexity index is 569. The number of hydrogen-bond donors (Lipinski definition) is 2. The monoisotopic (exact) mass is 449 g/mol. The highest BCUT2D eigenvalue weighted by Gasteiger charge is 2.23. The third-order valence-electron chi connectivity index (χ3n) is 3.86. The van der Waals surface area contributed by atoms with E-state index >= 15 is 0 Å². The zero-order valence-corrected chi connectivity index (χ0v) is 16.2. The molecule has 134 valence electrons. The van der Waals surface area contributed by atoms with Crippen LogP contribution in [0.5, 0.6) is 0 Å². The maximum absolute atomic E-state index is 13.7. The Morgan fingerprint density at radius 1 is 1.58 bits per heavy atom. The standard InChI is InChI=1S/C16H24FN5O.HI/c1-2-19-16(21-10-14-13(17)6-3-7-20-14)22-8-4-5-12(11-22)9-15(18)23;/h3,6-7,12H,2,4-5,8-11H2,1H3,(H2,18,23)(H,19,21);1H. The van der Waals surface area contributed by atoms with E-state index < -0.39 is 0 Å². The van der Waals surface area contributed by atoms with Gasteiger partial charge in [-0.2, -0.15) is 0 Å². The van der Waals surface area contributed by atoms with Crippen molar-refractivity contribution < 1.29 is 9.18 Å². The van der Waals surface area contributed by atoms with Gasteiger partial charge in [-0.25, -0.2) is 9.38 Å². The molecular formula is C16H25FIN5O. The van der Waals surface area contributed by atoms with Crippen LogP contribution in [0.4, 0.5) is 4.39 Å². The fraction of sp³-hybridized carbons (Fsp3) is 0.562. The van der Waals surface area contributed by atoms with Crippen LogP contribution < -0.4 is 11.1 Å². The molecule has 1 fully saturated rings. The average Bonchev–Trinajstić information content (AvgIpc) is 2.52. The molecule has 24 heavy (non-hydrogen) atoms. The summed E-state index contributed by atoms with van der Waals surface area (Å²) in [7, 11) is 0. The smallest absolute Gasteiger partial charge is 0.217 e. The number of guanidine groups is 1. The minimum absolute atomic E-state index is 0. The van der Waals surface area contributed by atoms with E-state index in [2.05, 4.69) is 20.2 Å². The van der Waals surface area contributed by atoms with Crippen molar-refractivity contribution in [3.8, 4) is 0 Å². The number of primary amides is 1. The first kappa shape index (κ1) is 20.6. The average molecular weight is 449 g/mol. The molecule has 1 aliphatic heterocycles. The third-order valence-corrected chi connectivity index (χ3v) is 3.86. The van der Waals surface area contributed by atoms with Crippen molar-refractivity contribution in [2.45, 2.75) is 32.7 Å². The molecule has 1 atom stereocenters. The van der Waals surface area contributed by atoms with Gasteiger partial charge in [-0.3, -0.25) is 9.78 Å². The van der Waals surface area contributed by atoms with Crippen molar-refractivity contribution in [2.75, 3.05) is 19.6 Å². The second kappa shape index (κ2) is 10.4. The molecule has 1 unspecified atom stereocenters. The molecule has 0 bridgehead atoms. The summed E-state index contributed by atoms with van der Waals surface area (Å²) in [5.74, 6) is 0.357. The van der Waals surface area contributed by atoms with Crippen molar-refractivity contribution in [3.05, 3.63) is 29.8 Å². The highest BCUT2D eigenvalue weighted by atomic mass is 127. The number of carbonyl (C=O) groups is 1. The van der Waals surface area contributed by atoms with Crippen LogP contribution in [-0.2, 0) is 11.3 Å². The first-order chi connectivity index (χ1) is 11.1. The molecule has 6 nitrogen and oxygen atoms in total. The largest absolute Gasteiger partial charge is 0.370 e. The lowest BCUT2D eigenvalue weighted by molar-refractivity contribution is -0.119. The van der Waals surface area contributed by atoms with Crippen LogP contribution in [0.1, 0.15) is 31.9 Å². The van der Waals surface area contributed by atoms with Crippen LogP contribution in [0, 0.1) is 11.7 Å². The summed E-state index contributed by atoms with van der Waals surface area (Å²) in [4.78, 5) is 21.8. The highest BCUT2D eigenvalue weighted by Crippen LogP contribution is 2.19. The predicted octanol–water partition coefficient (Wildman–Crippen LogP) is 1.89. The molecule has 1 aromatic heterocycles. The number of hydrogen-bond acceptors (Lipinski definition) is 3. The van der Waals surface area contributed by atoms with Gasteiger partial charge in [0.25, 0.3) is 0 Å². The molecule has 2 heterocycles. The van der Waals surface area contributed by atoms with Crippen molar-refractivity contribution >= 4 is 35.8 Å². The minimum Gasteiger partial charge on any atom is -0.370 e. The van der Waals surface area contributed by atoms with Crippen LogP contribution in [0.15, 0.2) is 23.3 Å². The Kier molecular flexibility index (Phi) is 8.94. The van der Waals surface area contributed by atoms with E-state index in [0.717, 1.165) is 38.4 Å². The number of likely N-dealkylation sites (tertiary alicyclic amines) is 1. The molecule has 3 N–H and O–H groups in total. The number of nitrogens with zero attached hydrogens (tertiary/aromatic N) is 3. The Morgan fingerprint density at radius 3 is 3.04 bits per heavy atom. The normalized spacial score (nSPS) is 18.0. The van der Waals surface area contributed by atoms with Crippen LogP contribution in [0.2, 0.25) is 0 Å². The van der Waals surface area contributed by atoms with Gasteiger partial charge in [0.05, 0.1) is 12.2 Å². The Morgan fingerprint density at radius 2 is 2.38 bits per heavy atom. The van der Waals surface area contributed by atoms with E-state index in [1.54, 1.807) is 12.3 Å². The fourth-order valence-corrected chi connectivity index (χ4v) is 2.82. The second-order valence-electron chi connectivity index (χ2n) is 5.73. The number of amides is 1. The SMILES string of the molecule is CCNC(=NCc1ncccc1F)N1CCCC(CC(N)=O)C1.I. The molecule has 2 rings (SSSR count). The number of halogens is 2. The first-order valence-electron chi connectivity index (χ1n) is 8.01. The van der Waals surface area contributed by atoms with Gasteiger partial charge in [0.1, 0.15) is 5.82 Å². The molecule has 0 saturated carbocycles. The topological polar surface area (TPSA) is 83.6 Å². The van der Waals surface area contributed by atoms with Gasteiger partial charge in [-0.05, 0) is 37.8 Å². The first-order valence-corrected chi connectivity index (χ1v) is 8.01.